The van der Waals surface area contributed by atoms with Gasteiger partial charge in [0, 0.05) is 27.6 Å². The van der Waals surface area contributed by atoms with Gasteiger partial charge in [-0.3, -0.25) is 0 Å². The molecule has 0 spiro atoms. The van der Waals surface area contributed by atoms with E-state index in [0.29, 0.717) is 22.5 Å². The normalized spacial score (nSPS) is 10.6. The lowest BCUT2D eigenvalue weighted by atomic mass is 9.96. The molecule has 0 saturated carbocycles. The van der Waals surface area contributed by atoms with Crippen molar-refractivity contribution in [3.8, 4) is 34.0 Å². The Morgan fingerprint density at radius 3 is 2.14 bits per heavy atom. The van der Waals surface area contributed by atoms with E-state index in [9.17, 15) is 5.26 Å². The summed E-state index contributed by atoms with van der Waals surface area (Å²) in [6.45, 7) is 15.3. The van der Waals surface area contributed by atoms with Gasteiger partial charge in [-0.2, -0.15) is 5.26 Å². The molecule has 0 aliphatic heterocycles. The van der Waals surface area contributed by atoms with Crippen LogP contribution < -0.4 is 0 Å². The Kier molecular flexibility index (Phi) is 5.24. The predicted octanol–water partition coefficient (Wildman–Crippen LogP) is 9.09. The first-order valence-corrected chi connectivity index (χ1v) is 11.7. The highest BCUT2D eigenvalue weighted by molar-refractivity contribution is 6.12. The number of hydrogen-bond acceptors (Lipinski definition) is 1. The molecule has 0 N–H and O–H groups in total. The average Bonchev–Trinajstić information content (AvgIpc) is 3.29. The maximum atomic E-state index is 9.74. The number of hydrogen-bond donors (Lipinski definition) is 0. The van der Waals surface area contributed by atoms with Crippen LogP contribution in [0.15, 0.2) is 109 Å². The van der Waals surface area contributed by atoms with Crippen LogP contribution in [0.2, 0.25) is 0 Å². The molecule has 170 valence electrons. The quantitative estimate of drug-likeness (QED) is 0.238. The monoisotopic (exact) mass is 470 g/mol. The molecule has 0 amide bonds. The van der Waals surface area contributed by atoms with Gasteiger partial charge in [-0.1, -0.05) is 72.8 Å². The van der Waals surface area contributed by atoms with Gasteiger partial charge in [0.15, 0.2) is 11.4 Å². The van der Waals surface area contributed by atoms with Crippen molar-refractivity contribution in [3.05, 3.63) is 138 Å². The van der Waals surface area contributed by atoms with Crippen LogP contribution in [0.5, 0.6) is 0 Å². The van der Waals surface area contributed by atoms with Gasteiger partial charge < -0.3 is 4.57 Å². The van der Waals surface area contributed by atoms with E-state index >= 15 is 0 Å². The molecular weight excluding hydrogens is 452 g/mol. The van der Waals surface area contributed by atoms with Crippen LogP contribution in [0.4, 0.5) is 11.4 Å². The van der Waals surface area contributed by atoms with Crippen molar-refractivity contribution in [1.29, 1.82) is 5.26 Å². The van der Waals surface area contributed by atoms with Crippen LogP contribution in [0.3, 0.4) is 0 Å². The van der Waals surface area contributed by atoms with E-state index in [4.69, 9.17) is 13.1 Å². The number of aromatic nitrogens is 1. The minimum absolute atomic E-state index is 0.461. The molecule has 1 heterocycles. The molecule has 4 heteroatoms. The third-order valence-electron chi connectivity index (χ3n) is 6.69. The zero-order valence-corrected chi connectivity index (χ0v) is 19.7. The second kappa shape index (κ2) is 8.86. The van der Waals surface area contributed by atoms with E-state index in [1.54, 1.807) is 18.2 Å². The molecular formula is C33H18N4. The van der Waals surface area contributed by atoms with E-state index in [1.807, 2.05) is 48.5 Å². The van der Waals surface area contributed by atoms with Crippen LogP contribution >= 0.6 is 0 Å². The fourth-order valence-electron chi connectivity index (χ4n) is 5.04. The second-order valence-corrected chi connectivity index (χ2v) is 8.69. The number of nitriles is 1. The van der Waals surface area contributed by atoms with E-state index in [0.717, 1.165) is 44.2 Å². The first-order valence-electron chi connectivity index (χ1n) is 11.7. The Morgan fingerprint density at radius 1 is 0.622 bits per heavy atom. The first-order chi connectivity index (χ1) is 18.2. The summed E-state index contributed by atoms with van der Waals surface area (Å²) in [5, 5.41) is 11.8. The lowest BCUT2D eigenvalue weighted by Crippen LogP contribution is -1.93. The van der Waals surface area contributed by atoms with Gasteiger partial charge in [0.25, 0.3) is 0 Å². The minimum atomic E-state index is 0.461. The van der Waals surface area contributed by atoms with Gasteiger partial charge >= 0.3 is 0 Å². The zero-order valence-electron chi connectivity index (χ0n) is 19.7. The topological polar surface area (TPSA) is 37.4 Å². The molecule has 0 radical (unpaired) electrons. The van der Waals surface area contributed by atoms with Crippen molar-refractivity contribution in [2.75, 3.05) is 0 Å². The fraction of sp³-hybridized carbons (Fsp3) is 0. The highest BCUT2D eigenvalue weighted by Gasteiger charge is 2.17. The molecule has 5 aromatic carbocycles. The standard InChI is InChI=1S/C33H18N4/c1-35-29-13-7-6-12-26(29)22-15-17-27-28-19-23(33-24(21-34)9-8-14-30(33)36-2)16-18-31(28)37(32(27)20-22)25-10-4-3-5-11-25/h3-20H. The largest absolute Gasteiger partial charge is 0.309 e. The Morgan fingerprint density at radius 2 is 1.35 bits per heavy atom. The van der Waals surface area contributed by atoms with E-state index in [1.165, 1.54) is 0 Å². The van der Waals surface area contributed by atoms with E-state index in [-0.39, 0.29) is 0 Å². The number of benzene rings is 5. The Hall–Kier alpha value is -5.63. The lowest BCUT2D eigenvalue weighted by molar-refractivity contribution is 1.18. The van der Waals surface area contributed by atoms with Crippen LogP contribution in [-0.4, -0.2) is 4.57 Å². The SMILES string of the molecule is [C-]#[N+]c1ccccc1-c1ccc2c3cc(-c4c(C#N)cccc4[N+]#[C-])ccc3n(-c3ccccc3)c2c1. The average molecular weight is 471 g/mol. The van der Waals surface area contributed by atoms with Crippen LogP contribution in [-0.2, 0) is 0 Å². The molecule has 4 nitrogen and oxygen atoms in total. The summed E-state index contributed by atoms with van der Waals surface area (Å²) in [6.07, 6.45) is 0. The minimum Gasteiger partial charge on any atom is -0.309 e. The molecule has 0 saturated heterocycles. The van der Waals surface area contributed by atoms with E-state index in [2.05, 4.69) is 62.8 Å². The first kappa shape index (κ1) is 21.9. The summed E-state index contributed by atoms with van der Waals surface area (Å²) in [7, 11) is 0. The molecule has 0 atom stereocenters. The maximum Gasteiger partial charge on any atom is 0.196 e. The van der Waals surface area contributed by atoms with Gasteiger partial charge in [-0.15, -0.1) is 0 Å². The molecule has 0 unspecified atom stereocenters. The highest BCUT2D eigenvalue weighted by Crippen LogP contribution is 2.40. The highest BCUT2D eigenvalue weighted by atomic mass is 15.0. The van der Waals surface area contributed by atoms with Gasteiger partial charge in [-0.05, 0) is 53.1 Å². The number of fused-ring (bicyclic) bond motifs is 3. The summed E-state index contributed by atoms with van der Waals surface area (Å²) < 4.78 is 2.23. The van der Waals surface area contributed by atoms with E-state index < -0.39 is 0 Å². The van der Waals surface area contributed by atoms with Crippen LogP contribution in [0, 0.1) is 24.5 Å². The van der Waals surface area contributed by atoms with Crippen molar-refractivity contribution in [1.82, 2.24) is 4.57 Å². The molecule has 6 aromatic rings. The summed E-state index contributed by atoms with van der Waals surface area (Å²) in [4.78, 5) is 7.40. The summed E-state index contributed by atoms with van der Waals surface area (Å²) in [5.41, 5.74) is 8.01. The van der Waals surface area contributed by atoms with Gasteiger partial charge in [0.1, 0.15) is 0 Å². The zero-order chi connectivity index (χ0) is 25.4. The summed E-state index contributed by atoms with van der Waals surface area (Å²) >= 11 is 0. The van der Waals surface area contributed by atoms with Gasteiger partial charge in [-0.25, -0.2) is 9.69 Å². The molecule has 0 aliphatic rings. The van der Waals surface area contributed by atoms with Gasteiger partial charge in [0.05, 0.1) is 30.2 Å². The maximum absolute atomic E-state index is 9.74. The van der Waals surface area contributed by atoms with Crippen molar-refractivity contribution < 1.29 is 0 Å². The predicted molar refractivity (Wildman–Crippen MR) is 149 cm³/mol. The van der Waals surface area contributed by atoms with Gasteiger partial charge in [0.2, 0.25) is 0 Å². The molecule has 0 aliphatic carbocycles. The fourth-order valence-corrected chi connectivity index (χ4v) is 5.04. The van der Waals surface area contributed by atoms with Crippen LogP contribution in [0.25, 0.3) is 59.4 Å². The Labute approximate surface area is 214 Å². The number of nitrogens with zero attached hydrogens (tertiary/aromatic N) is 4. The molecule has 1 aromatic heterocycles. The van der Waals surface area contributed by atoms with Crippen molar-refractivity contribution in [2.24, 2.45) is 0 Å². The van der Waals surface area contributed by atoms with Crippen LogP contribution in [0.1, 0.15) is 5.56 Å². The van der Waals surface area contributed by atoms with Crippen molar-refractivity contribution >= 4 is 33.2 Å². The molecule has 6 rings (SSSR count). The third kappa shape index (κ3) is 3.52. The third-order valence-corrected chi connectivity index (χ3v) is 6.69. The molecule has 37 heavy (non-hydrogen) atoms. The Bertz CT molecular complexity index is 1930. The second-order valence-electron chi connectivity index (χ2n) is 8.69. The molecule has 0 fully saturated rings. The Balaban J connectivity index is 1.68. The summed E-state index contributed by atoms with van der Waals surface area (Å²) in [5.74, 6) is 0. The lowest BCUT2D eigenvalue weighted by Gasteiger charge is -2.10. The van der Waals surface area contributed by atoms with Crippen molar-refractivity contribution in [2.45, 2.75) is 0 Å². The smallest absolute Gasteiger partial charge is 0.196 e. The number of rotatable bonds is 3. The summed E-state index contributed by atoms with van der Waals surface area (Å²) in [6, 6.07) is 37.8. The molecule has 0 bridgehead atoms. The number of para-hydroxylation sites is 2. The van der Waals surface area contributed by atoms with Crippen molar-refractivity contribution in [3.63, 3.8) is 0 Å².